The van der Waals surface area contributed by atoms with Gasteiger partial charge in [0.1, 0.15) is 13.2 Å². The Morgan fingerprint density at radius 1 is 1.14 bits per heavy atom. The number of carbonyl (C=O) groups excluding carboxylic acids is 1. The Morgan fingerprint density at radius 2 is 1.90 bits per heavy atom. The lowest BCUT2D eigenvalue weighted by Gasteiger charge is -2.29. The molecule has 1 aromatic carbocycles. The molecule has 2 N–H and O–H groups in total. The second kappa shape index (κ2) is 6.24. The van der Waals surface area contributed by atoms with E-state index in [1.54, 1.807) is 6.07 Å². The molecule has 1 heterocycles. The van der Waals surface area contributed by atoms with E-state index >= 15 is 0 Å². The van der Waals surface area contributed by atoms with Gasteiger partial charge in [0.15, 0.2) is 11.5 Å². The van der Waals surface area contributed by atoms with Gasteiger partial charge in [0.2, 0.25) is 0 Å². The minimum absolute atomic E-state index is 0.148. The van der Waals surface area contributed by atoms with Crippen LogP contribution in [0.1, 0.15) is 32.6 Å². The molecule has 2 aliphatic rings. The van der Waals surface area contributed by atoms with Crippen LogP contribution in [0.2, 0.25) is 0 Å². The average molecular weight is 290 g/mol. The van der Waals surface area contributed by atoms with Crippen molar-refractivity contribution in [1.29, 1.82) is 0 Å². The number of rotatable bonds is 2. The van der Waals surface area contributed by atoms with Gasteiger partial charge in [-0.25, -0.2) is 4.79 Å². The van der Waals surface area contributed by atoms with Gasteiger partial charge >= 0.3 is 6.03 Å². The number of amides is 2. The van der Waals surface area contributed by atoms with Crippen LogP contribution in [0.4, 0.5) is 10.5 Å². The summed E-state index contributed by atoms with van der Waals surface area (Å²) in [6, 6.07) is 5.59. The molecule has 0 saturated heterocycles. The van der Waals surface area contributed by atoms with Gasteiger partial charge in [0.25, 0.3) is 0 Å². The minimum atomic E-state index is -0.148. The van der Waals surface area contributed by atoms with Gasteiger partial charge in [-0.3, -0.25) is 0 Å². The fraction of sp³-hybridized carbons (Fsp3) is 0.562. The molecular formula is C16H22N2O3. The molecule has 3 rings (SSSR count). The van der Waals surface area contributed by atoms with Crippen LogP contribution < -0.4 is 20.1 Å². The van der Waals surface area contributed by atoms with E-state index in [1.165, 1.54) is 19.3 Å². The Balaban J connectivity index is 1.59. The smallest absolute Gasteiger partial charge is 0.319 e. The molecule has 2 unspecified atom stereocenters. The summed E-state index contributed by atoms with van der Waals surface area (Å²) in [4.78, 5) is 12.1. The van der Waals surface area contributed by atoms with Crippen molar-refractivity contribution in [2.75, 3.05) is 18.5 Å². The third kappa shape index (κ3) is 3.40. The molecule has 0 bridgehead atoms. The Kier molecular flexibility index (Phi) is 4.18. The van der Waals surface area contributed by atoms with E-state index < -0.39 is 0 Å². The molecule has 0 aromatic heterocycles. The van der Waals surface area contributed by atoms with Crippen LogP contribution in [0.5, 0.6) is 11.5 Å². The highest BCUT2D eigenvalue weighted by Gasteiger charge is 2.23. The molecule has 2 atom stereocenters. The summed E-state index contributed by atoms with van der Waals surface area (Å²) in [7, 11) is 0. The molecule has 5 heteroatoms. The van der Waals surface area contributed by atoms with Gasteiger partial charge in [0, 0.05) is 17.8 Å². The van der Waals surface area contributed by atoms with Gasteiger partial charge in [-0.1, -0.05) is 19.8 Å². The second-order valence-electron chi connectivity index (χ2n) is 5.83. The second-order valence-corrected chi connectivity index (χ2v) is 5.83. The lowest BCUT2D eigenvalue weighted by Crippen LogP contribution is -2.43. The van der Waals surface area contributed by atoms with Crippen molar-refractivity contribution in [3.63, 3.8) is 0 Å². The van der Waals surface area contributed by atoms with Crippen LogP contribution in [0, 0.1) is 5.92 Å². The molecule has 0 spiro atoms. The maximum Gasteiger partial charge on any atom is 0.319 e. The van der Waals surface area contributed by atoms with Gasteiger partial charge in [-0.15, -0.1) is 0 Å². The molecule has 0 radical (unpaired) electrons. The van der Waals surface area contributed by atoms with Gasteiger partial charge in [-0.05, 0) is 30.9 Å². The third-order valence-corrected chi connectivity index (χ3v) is 4.23. The number of hydrogen-bond acceptors (Lipinski definition) is 3. The molecule has 1 aliphatic carbocycles. The lowest BCUT2D eigenvalue weighted by atomic mass is 9.86. The fourth-order valence-corrected chi connectivity index (χ4v) is 2.99. The van der Waals surface area contributed by atoms with Gasteiger partial charge in [0.05, 0.1) is 0 Å². The maximum absolute atomic E-state index is 12.1. The number of ether oxygens (including phenoxy) is 2. The summed E-state index contributed by atoms with van der Waals surface area (Å²) in [5.74, 6) is 1.96. The van der Waals surface area contributed by atoms with Gasteiger partial charge < -0.3 is 20.1 Å². The average Bonchev–Trinajstić information content (AvgIpc) is 2.49. The Hall–Kier alpha value is -1.91. The first-order valence-electron chi connectivity index (χ1n) is 7.69. The van der Waals surface area contributed by atoms with Crippen molar-refractivity contribution in [2.24, 2.45) is 5.92 Å². The molecule has 5 nitrogen and oxygen atoms in total. The zero-order valence-electron chi connectivity index (χ0n) is 12.4. The highest BCUT2D eigenvalue weighted by molar-refractivity contribution is 5.89. The van der Waals surface area contributed by atoms with E-state index in [0.29, 0.717) is 24.9 Å². The van der Waals surface area contributed by atoms with Crippen molar-refractivity contribution < 1.29 is 14.3 Å². The maximum atomic E-state index is 12.1. The first-order chi connectivity index (χ1) is 10.2. The molecular weight excluding hydrogens is 268 g/mol. The number of carbonyl (C=O) groups is 1. The van der Waals surface area contributed by atoms with E-state index in [4.69, 9.17) is 9.47 Å². The molecule has 1 aliphatic heterocycles. The SMILES string of the molecule is CC1CCCCC1NC(=O)Nc1ccc2c(c1)OCCO2. The van der Waals surface area contributed by atoms with Gasteiger partial charge in [-0.2, -0.15) is 0 Å². The van der Waals surface area contributed by atoms with Crippen molar-refractivity contribution >= 4 is 11.7 Å². The van der Waals surface area contributed by atoms with Crippen molar-refractivity contribution in [3.05, 3.63) is 18.2 Å². The number of nitrogens with one attached hydrogen (secondary N) is 2. The Labute approximate surface area is 125 Å². The predicted molar refractivity (Wildman–Crippen MR) is 81.0 cm³/mol. The largest absolute Gasteiger partial charge is 0.486 e. The molecule has 1 saturated carbocycles. The summed E-state index contributed by atoms with van der Waals surface area (Å²) >= 11 is 0. The van der Waals surface area contributed by atoms with Crippen LogP contribution in [0.3, 0.4) is 0 Å². The van der Waals surface area contributed by atoms with E-state index in [0.717, 1.165) is 17.9 Å². The number of fused-ring (bicyclic) bond motifs is 1. The molecule has 1 aromatic rings. The standard InChI is InChI=1S/C16H22N2O3/c1-11-4-2-3-5-13(11)18-16(19)17-12-6-7-14-15(10-12)21-9-8-20-14/h6-7,10-11,13H,2-5,8-9H2,1H3,(H2,17,18,19). The Bertz CT molecular complexity index is 518. The van der Waals surface area contributed by atoms with E-state index in [1.807, 2.05) is 12.1 Å². The first kappa shape index (κ1) is 14.0. The number of urea groups is 1. The normalized spacial score (nSPS) is 24.2. The quantitative estimate of drug-likeness (QED) is 0.879. The summed E-state index contributed by atoms with van der Waals surface area (Å²) in [5, 5.41) is 5.95. The monoisotopic (exact) mass is 290 g/mol. The highest BCUT2D eigenvalue weighted by Crippen LogP contribution is 2.32. The van der Waals surface area contributed by atoms with Crippen LogP contribution >= 0.6 is 0 Å². The molecule has 21 heavy (non-hydrogen) atoms. The van der Waals surface area contributed by atoms with E-state index in [9.17, 15) is 4.79 Å². The summed E-state index contributed by atoms with van der Waals surface area (Å²) in [6.45, 7) is 3.32. The zero-order valence-corrected chi connectivity index (χ0v) is 12.4. The fourth-order valence-electron chi connectivity index (χ4n) is 2.99. The molecule has 2 amide bonds. The highest BCUT2D eigenvalue weighted by atomic mass is 16.6. The van der Waals surface area contributed by atoms with Crippen molar-refractivity contribution in [3.8, 4) is 11.5 Å². The van der Waals surface area contributed by atoms with Crippen LogP contribution in [0.25, 0.3) is 0 Å². The molecule has 1 fully saturated rings. The lowest BCUT2D eigenvalue weighted by molar-refractivity contribution is 0.171. The van der Waals surface area contributed by atoms with E-state index in [2.05, 4.69) is 17.6 Å². The number of anilines is 1. The number of benzene rings is 1. The van der Waals surface area contributed by atoms with Crippen LogP contribution in [-0.2, 0) is 0 Å². The van der Waals surface area contributed by atoms with E-state index in [-0.39, 0.29) is 12.1 Å². The van der Waals surface area contributed by atoms with Crippen molar-refractivity contribution in [2.45, 2.75) is 38.6 Å². The number of hydrogen-bond donors (Lipinski definition) is 2. The summed E-state index contributed by atoms with van der Waals surface area (Å²) in [6.07, 6.45) is 4.72. The van der Waals surface area contributed by atoms with Crippen molar-refractivity contribution in [1.82, 2.24) is 5.32 Å². The van der Waals surface area contributed by atoms with Crippen LogP contribution in [-0.4, -0.2) is 25.3 Å². The zero-order chi connectivity index (χ0) is 14.7. The summed E-state index contributed by atoms with van der Waals surface area (Å²) < 4.78 is 11.0. The Morgan fingerprint density at radius 3 is 2.71 bits per heavy atom. The summed E-state index contributed by atoms with van der Waals surface area (Å²) in [5.41, 5.74) is 0.722. The first-order valence-corrected chi connectivity index (χ1v) is 7.69. The molecule has 114 valence electrons. The topological polar surface area (TPSA) is 59.6 Å². The third-order valence-electron chi connectivity index (χ3n) is 4.23. The van der Waals surface area contributed by atoms with Crippen LogP contribution in [0.15, 0.2) is 18.2 Å². The predicted octanol–water partition coefficient (Wildman–Crippen LogP) is 3.16. The minimum Gasteiger partial charge on any atom is -0.486 e.